The van der Waals surface area contributed by atoms with E-state index in [0.29, 0.717) is 6.54 Å². The number of thiophene rings is 1. The third-order valence-corrected chi connectivity index (χ3v) is 3.23. The maximum atomic E-state index is 4.30. The molecule has 0 radical (unpaired) electrons. The minimum Gasteiger partial charge on any atom is -0.313 e. The van der Waals surface area contributed by atoms with Gasteiger partial charge in [-0.15, -0.1) is 11.3 Å². The van der Waals surface area contributed by atoms with Crippen LogP contribution >= 0.6 is 11.3 Å². The Kier molecular flexibility index (Phi) is 3.08. The van der Waals surface area contributed by atoms with Crippen LogP contribution in [-0.2, 0) is 6.54 Å². The molecule has 1 N–H and O–H groups in total. The summed E-state index contributed by atoms with van der Waals surface area (Å²) in [5, 5.41) is 5.12. The van der Waals surface area contributed by atoms with Gasteiger partial charge in [-0.05, 0) is 31.0 Å². The summed E-state index contributed by atoms with van der Waals surface area (Å²) in [5.41, 5.74) is 2.38. The molecule has 2 aromatic heterocycles. The average Bonchev–Trinajstić information content (AvgIpc) is 2.66. The minimum atomic E-state index is 0.712. The molecule has 2 aromatic rings. The van der Waals surface area contributed by atoms with Crippen LogP contribution in [0.2, 0.25) is 0 Å². The lowest BCUT2D eigenvalue weighted by Gasteiger charge is -2.01. The first-order chi connectivity index (χ1) is 7.31. The Morgan fingerprint density at radius 3 is 2.60 bits per heavy atom. The molecule has 78 valence electrons. The molecule has 0 saturated heterocycles. The van der Waals surface area contributed by atoms with Gasteiger partial charge in [0.25, 0.3) is 0 Å². The van der Waals surface area contributed by atoms with Crippen molar-refractivity contribution in [2.45, 2.75) is 13.5 Å². The van der Waals surface area contributed by atoms with E-state index in [4.69, 9.17) is 0 Å². The van der Waals surface area contributed by atoms with E-state index in [-0.39, 0.29) is 0 Å². The summed E-state index contributed by atoms with van der Waals surface area (Å²) in [6.45, 7) is 2.82. The predicted octanol–water partition coefficient (Wildman–Crippen LogP) is 2.23. The lowest BCUT2D eigenvalue weighted by atomic mass is 10.2. The molecule has 0 atom stereocenters. The van der Waals surface area contributed by atoms with Gasteiger partial charge in [0.1, 0.15) is 5.82 Å². The molecule has 0 aromatic carbocycles. The highest BCUT2D eigenvalue weighted by atomic mass is 32.1. The standard InChI is InChI=1S/C11H13N3S/c1-8-3-4-15-11(8)9-5-13-10(7-12-2)14-6-9/h3-6,12H,7H2,1-2H3. The molecule has 0 bridgehead atoms. The van der Waals surface area contributed by atoms with Crippen LogP contribution in [0.15, 0.2) is 23.8 Å². The SMILES string of the molecule is CNCc1ncc(-c2sccc2C)cn1. The van der Waals surface area contributed by atoms with Crippen molar-refractivity contribution in [3.63, 3.8) is 0 Å². The third-order valence-electron chi connectivity index (χ3n) is 2.16. The summed E-state index contributed by atoms with van der Waals surface area (Å²) < 4.78 is 0. The first-order valence-electron chi connectivity index (χ1n) is 4.81. The highest BCUT2D eigenvalue weighted by molar-refractivity contribution is 7.13. The van der Waals surface area contributed by atoms with Gasteiger partial charge in [0.2, 0.25) is 0 Å². The van der Waals surface area contributed by atoms with Gasteiger partial charge in [-0.3, -0.25) is 0 Å². The van der Waals surface area contributed by atoms with Crippen LogP contribution in [0, 0.1) is 6.92 Å². The van der Waals surface area contributed by atoms with Crippen LogP contribution in [0.1, 0.15) is 11.4 Å². The summed E-state index contributed by atoms with van der Waals surface area (Å²) in [7, 11) is 1.89. The van der Waals surface area contributed by atoms with Crippen molar-refractivity contribution in [1.29, 1.82) is 0 Å². The Hall–Kier alpha value is -1.26. The van der Waals surface area contributed by atoms with Crippen LogP contribution < -0.4 is 5.32 Å². The highest BCUT2D eigenvalue weighted by Gasteiger charge is 2.04. The molecule has 0 amide bonds. The van der Waals surface area contributed by atoms with E-state index < -0.39 is 0 Å². The van der Waals surface area contributed by atoms with Crippen LogP contribution in [0.4, 0.5) is 0 Å². The molecule has 0 unspecified atom stereocenters. The maximum absolute atomic E-state index is 4.30. The van der Waals surface area contributed by atoms with E-state index in [2.05, 4.69) is 33.7 Å². The van der Waals surface area contributed by atoms with Gasteiger partial charge in [-0.2, -0.15) is 0 Å². The summed E-state index contributed by atoms with van der Waals surface area (Å²) in [5.74, 6) is 0.829. The summed E-state index contributed by atoms with van der Waals surface area (Å²) >= 11 is 1.73. The number of hydrogen-bond acceptors (Lipinski definition) is 4. The van der Waals surface area contributed by atoms with Gasteiger partial charge in [-0.1, -0.05) is 0 Å². The van der Waals surface area contributed by atoms with E-state index in [1.807, 2.05) is 19.4 Å². The summed E-state index contributed by atoms with van der Waals surface area (Å²) in [4.78, 5) is 9.85. The largest absolute Gasteiger partial charge is 0.313 e. The highest BCUT2D eigenvalue weighted by Crippen LogP contribution is 2.27. The van der Waals surface area contributed by atoms with E-state index in [1.165, 1.54) is 10.4 Å². The number of aromatic nitrogens is 2. The van der Waals surface area contributed by atoms with Crippen LogP contribution in [-0.4, -0.2) is 17.0 Å². The van der Waals surface area contributed by atoms with Crippen molar-refractivity contribution in [3.05, 3.63) is 35.2 Å². The Morgan fingerprint density at radius 1 is 1.33 bits per heavy atom. The number of rotatable bonds is 3. The van der Waals surface area contributed by atoms with Gasteiger partial charge in [-0.25, -0.2) is 9.97 Å². The van der Waals surface area contributed by atoms with Crippen LogP contribution in [0.3, 0.4) is 0 Å². The zero-order valence-corrected chi connectivity index (χ0v) is 9.64. The van der Waals surface area contributed by atoms with Crippen molar-refractivity contribution in [3.8, 4) is 10.4 Å². The molecule has 2 heterocycles. The Labute approximate surface area is 93.2 Å². The molecule has 3 nitrogen and oxygen atoms in total. The first kappa shape index (κ1) is 10.3. The molecule has 2 rings (SSSR count). The Morgan fingerprint density at radius 2 is 2.07 bits per heavy atom. The van der Waals surface area contributed by atoms with E-state index >= 15 is 0 Å². The Bertz CT molecular complexity index is 433. The second kappa shape index (κ2) is 4.51. The first-order valence-corrected chi connectivity index (χ1v) is 5.69. The number of aryl methyl sites for hydroxylation is 1. The lowest BCUT2D eigenvalue weighted by molar-refractivity contribution is 0.758. The van der Waals surface area contributed by atoms with Crippen molar-refractivity contribution in [2.75, 3.05) is 7.05 Å². The third kappa shape index (κ3) is 2.22. The zero-order valence-electron chi connectivity index (χ0n) is 8.82. The number of nitrogens with one attached hydrogen (secondary N) is 1. The van der Waals surface area contributed by atoms with E-state index in [9.17, 15) is 0 Å². The smallest absolute Gasteiger partial charge is 0.141 e. The molecule has 0 fully saturated rings. The summed E-state index contributed by atoms with van der Waals surface area (Å²) in [6, 6.07) is 2.11. The fourth-order valence-corrected chi connectivity index (χ4v) is 2.29. The van der Waals surface area contributed by atoms with Crippen molar-refractivity contribution < 1.29 is 0 Å². The van der Waals surface area contributed by atoms with Crippen LogP contribution in [0.25, 0.3) is 10.4 Å². The monoisotopic (exact) mass is 219 g/mol. The normalized spacial score (nSPS) is 10.5. The fraction of sp³-hybridized carbons (Fsp3) is 0.273. The quantitative estimate of drug-likeness (QED) is 0.860. The second-order valence-electron chi connectivity index (χ2n) is 3.35. The van der Waals surface area contributed by atoms with E-state index in [1.54, 1.807) is 11.3 Å². The molecule has 0 aliphatic rings. The van der Waals surface area contributed by atoms with Crippen molar-refractivity contribution in [1.82, 2.24) is 15.3 Å². The molecule has 15 heavy (non-hydrogen) atoms. The topological polar surface area (TPSA) is 37.8 Å². The Balaban J connectivity index is 2.28. The molecule has 4 heteroatoms. The number of hydrogen-bond donors (Lipinski definition) is 1. The average molecular weight is 219 g/mol. The molecule has 0 spiro atoms. The maximum Gasteiger partial charge on any atom is 0.141 e. The van der Waals surface area contributed by atoms with Gasteiger partial charge in [0.05, 0.1) is 6.54 Å². The zero-order chi connectivity index (χ0) is 10.7. The van der Waals surface area contributed by atoms with E-state index in [0.717, 1.165) is 11.4 Å². The van der Waals surface area contributed by atoms with Crippen LogP contribution in [0.5, 0.6) is 0 Å². The minimum absolute atomic E-state index is 0.712. The number of nitrogens with zero attached hydrogens (tertiary/aromatic N) is 2. The van der Waals surface area contributed by atoms with Crippen molar-refractivity contribution >= 4 is 11.3 Å². The predicted molar refractivity (Wildman–Crippen MR) is 62.8 cm³/mol. The molecular formula is C11H13N3S. The van der Waals surface area contributed by atoms with Gasteiger partial charge in [0.15, 0.2) is 0 Å². The van der Waals surface area contributed by atoms with Gasteiger partial charge < -0.3 is 5.32 Å². The molecule has 0 aliphatic heterocycles. The molecule has 0 aliphatic carbocycles. The van der Waals surface area contributed by atoms with Gasteiger partial charge in [0, 0.05) is 22.8 Å². The molecule has 0 saturated carbocycles. The fourth-order valence-electron chi connectivity index (χ4n) is 1.39. The molecular weight excluding hydrogens is 206 g/mol. The van der Waals surface area contributed by atoms with Gasteiger partial charge >= 0.3 is 0 Å². The second-order valence-corrected chi connectivity index (χ2v) is 4.27. The summed E-state index contributed by atoms with van der Waals surface area (Å²) in [6.07, 6.45) is 3.77. The lowest BCUT2D eigenvalue weighted by Crippen LogP contribution is -2.08. The van der Waals surface area contributed by atoms with Crippen molar-refractivity contribution in [2.24, 2.45) is 0 Å².